The van der Waals surface area contributed by atoms with Crippen LogP contribution in [0.4, 0.5) is 5.69 Å². The first-order chi connectivity index (χ1) is 17.6. The average molecular weight is 522 g/mol. The molecule has 2 unspecified atom stereocenters. The predicted molar refractivity (Wildman–Crippen MR) is 131 cm³/mol. The van der Waals surface area contributed by atoms with Crippen molar-refractivity contribution >= 4 is 40.4 Å². The number of aliphatic carboxylic acids is 1. The minimum atomic E-state index is -1.51. The number of carboxylic acid groups (broad SMARTS) is 1. The van der Waals surface area contributed by atoms with E-state index in [0.717, 1.165) is 0 Å². The molecule has 37 heavy (non-hydrogen) atoms. The van der Waals surface area contributed by atoms with E-state index in [-0.39, 0.29) is 22.9 Å². The lowest BCUT2D eigenvalue weighted by atomic mass is 9.77. The fraction of sp³-hybridized carbons (Fsp3) is 0.154. The van der Waals surface area contributed by atoms with Crippen LogP contribution in [0.25, 0.3) is 0 Å². The maximum absolute atomic E-state index is 12.9. The number of ether oxygens (including phenoxy) is 2. The van der Waals surface area contributed by atoms with E-state index >= 15 is 0 Å². The average Bonchev–Trinajstić information content (AvgIpc) is 3.13. The molecule has 0 saturated heterocycles. The quantitative estimate of drug-likeness (QED) is 0.288. The Bertz CT molecular complexity index is 1500. The Balaban J connectivity index is 1.64. The molecular formula is C26H19NO9S. The fourth-order valence-corrected chi connectivity index (χ4v) is 5.31. The van der Waals surface area contributed by atoms with Crippen LogP contribution in [0.15, 0.2) is 54.6 Å². The van der Waals surface area contributed by atoms with E-state index in [4.69, 9.17) is 9.47 Å². The van der Waals surface area contributed by atoms with E-state index in [2.05, 4.69) is 5.32 Å². The monoisotopic (exact) mass is 521 g/mol. The second-order valence-corrected chi connectivity index (χ2v) is 9.80. The van der Waals surface area contributed by atoms with E-state index in [1.807, 2.05) is 0 Å². The van der Waals surface area contributed by atoms with E-state index in [1.54, 1.807) is 30.3 Å². The van der Waals surface area contributed by atoms with E-state index in [1.165, 1.54) is 31.2 Å². The van der Waals surface area contributed by atoms with Crippen molar-refractivity contribution < 1.29 is 44.0 Å². The first-order valence-corrected chi connectivity index (χ1v) is 11.9. The number of carbonyl (C=O) groups is 4. The van der Waals surface area contributed by atoms with Gasteiger partial charge < -0.3 is 30.1 Å². The summed E-state index contributed by atoms with van der Waals surface area (Å²) in [5, 5.41) is 30.8. The summed E-state index contributed by atoms with van der Waals surface area (Å²) in [5.41, 5.74) is -0.158. The van der Waals surface area contributed by atoms with Crippen molar-refractivity contribution in [1.29, 1.82) is 0 Å². The van der Waals surface area contributed by atoms with Gasteiger partial charge in [0, 0.05) is 30.5 Å². The van der Waals surface area contributed by atoms with Crippen LogP contribution in [-0.4, -0.2) is 43.5 Å². The van der Waals surface area contributed by atoms with Crippen molar-refractivity contribution in [3.63, 3.8) is 0 Å². The summed E-state index contributed by atoms with van der Waals surface area (Å²) in [6, 6.07) is 13.8. The Labute approximate surface area is 213 Å². The van der Waals surface area contributed by atoms with Gasteiger partial charge in [-0.1, -0.05) is 30.0 Å². The summed E-state index contributed by atoms with van der Waals surface area (Å²) < 4.78 is 12.0. The smallest absolute Gasteiger partial charge is 0.340 e. The number of thioether (sulfide) groups is 1. The molecule has 0 aliphatic carbocycles. The maximum Gasteiger partial charge on any atom is 0.340 e. The van der Waals surface area contributed by atoms with Crippen LogP contribution in [-0.2, 0) is 24.7 Å². The standard InChI is InChI=1S/C26H19NO9S/c1-12(28)37-20(24(32)33)11-21(31)27-22-18(30)9-8-17-23(22)35-19-10-13(29)6-7-16(19)26(17)15-5-3-2-4-14(15)25(34)36-26/h2-10,20,29-30H,11H2,1H3,(H,27,31)(H,32,33). The highest BCUT2D eigenvalue weighted by atomic mass is 32.2. The SMILES string of the molecule is CC(=O)SC(CC(=O)Nc1c(O)ccc2c1Oc1cc(O)ccc1C21OC(=O)c2ccccc21)C(=O)O. The third-order valence-corrected chi connectivity index (χ3v) is 7.05. The number of benzene rings is 3. The highest BCUT2D eigenvalue weighted by molar-refractivity contribution is 8.14. The molecule has 4 N–H and O–H groups in total. The molecule has 0 radical (unpaired) electrons. The maximum atomic E-state index is 12.9. The Morgan fingerprint density at radius 2 is 1.76 bits per heavy atom. The number of rotatable bonds is 5. The Hall–Kier alpha value is -4.51. The zero-order chi connectivity index (χ0) is 26.5. The summed E-state index contributed by atoms with van der Waals surface area (Å²) in [6.07, 6.45) is -0.566. The number of anilines is 1. The van der Waals surface area contributed by atoms with E-state index in [0.29, 0.717) is 34.0 Å². The van der Waals surface area contributed by atoms with Crippen LogP contribution < -0.4 is 10.1 Å². The summed E-state index contributed by atoms with van der Waals surface area (Å²) in [7, 11) is 0. The van der Waals surface area contributed by atoms with Crippen LogP contribution in [0.3, 0.4) is 0 Å². The van der Waals surface area contributed by atoms with Crippen LogP contribution in [0.2, 0.25) is 0 Å². The molecular weight excluding hydrogens is 502 g/mol. The van der Waals surface area contributed by atoms with Gasteiger partial charge in [-0.2, -0.15) is 0 Å². The largest absolute Gasteiger partial charge is 0.508 e. The lowest BCUT2D eigenvalue weighted by Crippen LogP contribution is -2.33. The molecule has 3 aromatic rings. The molecule has 10 nitrogen and oxygen atoms in total. The van der Waals surface area contributed by atoms with Crippen molar-refractivity contribution in [1.82, 2.24) is 0 Å². The predicted octanol–water partition coefficient (Wildman–Crippen LogP) is 3.73. The number of nitrogens with one attached hydrogen (secondary N) is 1. The lowest BCUT2D eigenvalue weighted by molar-refractivity contribution is -0.137. The summed E-state index contributed by atoms with van der Waals surface area (Å²) in [6.45, 7) is 1.19. The molecule has 2 aliphatic rings. The first kappa shape index (κ1) is 24.2. The Kier molecular flexibility index (Phi) is 5.79. The minimum Gasteiger partial charge on any atom is -0.508 e. The Morgan fingerprint density at radius 1 is 1.03 bits per heavy atom. The molecule has 1 amide bonds. The normalized spacial score (nSPS) is 17.6. The molecule has 2 heterocycles. The van der Waals surface area contributed by atoms with Gasteiger partial charge in [0.2, 0.25) is 5.91 Å². The number of carboxylic acids is 1. The second kappa shape index (κ2) is 8.86. The van der Waals surface area contributed by atoms with Crippen LogP contribution in [0, 0.1) is 0 Å². The van der Waals surface area contributed by atoms with Crippen LogP contribution >= 0.6 is 11.8 Å². The molecule has 11 heteroatoms. The Morgan fingerprint density at radius 3 is 2.49 bits per heavy atom. The molecule has 0 bridgehead atoms. The number of hydrogen-bond acceptors (Lipinski definition) is 9. The van der Waals surface area contributed by atoms with Gasteiger partial charge in [0.05, 0.1) is 11.1 Å². The highest BCUT2D eigenvalue weighted by Gasteiger charge is 2.54. The molecule has 0 fully saturated rings. The van der Waals surface area contributed by atoms with Gasteiger partial charge in [0.25, 0.3) is 0 Å². The number of esters is 1. The zero-order valence-electron chi connectivity index (χ0n) is 19.2. The number of phenolic OH excluding ortho intramolecular Hbond substituents is 2. The molecule has 1 spiro atoms. The molecule has 0 saturated carbocycles. The van der Waals surface area contributed by atoms with Crippen molar-refractivity contribution in [3.05, 3.63) is 76.9 Å². The van der Waals surface area contributed by atoms with Gasteiger partial charge in [-0.25, -0.2) is 4.79 Å². The van der Waals surface area contributed by atoms with Crippen LogP contribution in [0.1, 0.15) is 40.4 Å². The van der Waals surface area contributed by atoms with Gasteiger partial charge >= 0.3 is 11.9 Å². The second-order valence-electron chi connectivity index (χ2n) is 8.42. The number of hydrogen-bond donors (Lipinski definition) is 4. The first-order valence-electron chi connectivity index (χ1n) is 11.0. The summed E-state index contributed by atoms with van der Waals surface area (Å²) >= 11 is 0.501. The zero-order valence-corrected chi connectivity index (χ0v) is 20.0. The van der Waals surface area contributed by atoms with Crippen molar-refractivity contribution in [2.24, 2.45) is 0 Å². The van der Waals surface area contributed by atoms with Crippen LogP contribution in [0.5, 0.6) is 23.0 Å². The van der Waals surface area contributed by atoms with Gasteiger partial charge in [-0.15, -0.1) is 0 Å². The van der Waals surface area contributed by atoms with Gasteiger partial charge in [-0.3, -0.25) is 14.4 Å². The molecule has 2 aliphatic heterocycles. The van der Waals surface area contributed by atoms with Crippen molar-refractivity contribution in [2.45, 2.75) is 24.2 Å². The van der Waals surface area contributed by atoms with E-state index < -0.39 is 46.0 Å². The molecule has 5 rings (SSSR count). The van der Waals surface area contributed by atoms with E-state index in [9.17, 15) is 34.5 Å². The minimum absolute atomic E-state index is 0.0537. The number of aromatic hydroxyl groups is 2. The summed E-state index contributed by atoms with van der Waals surface area (Å²) in [5.74, 6) is -3.19. The third-order valence-electron chi connectivity index (χ3n) is 6.06. The number of amides is 1. The molecule has 188 valence electrons. The summed E-state index contributed by atoms with van der Waals surface area (Å²) in [4.78, 5) is 48.6. The molecule has 3 aromatic carbocycles. The van der Waals surface area contributed by atoms with Crippen molar-refractivity contribution in [2.75, 3.05) is 5.32 Å². The fourth-order valence-electron chi connectivity index (χ4n) is 4.57. The number of fused-ring (bicyclic) bond motifs is 6. The molecule has 0 aromatic heterocycles. The number of carbonyl (C=O) groups excluding carboxylic acids is 3. The van der Waals surface area contributed by atoms with Gasteiger partial charge in [0.15, 0.2) is 16.5 Å². The van der Waals surface area contributed by atoms with Crippen molar-refractivity contribution in [3.8, 4) is 23.0 Å². The third kappa shape index (κ3) is 3.93. The van der Waals surface area contributed by atoms with Gasteiger partial charge in [0.1, 0.15) is 28.2 Å². The highest BCUT2D eigenvalue weighted by Crippen LogP contribution is 2.59. The van der Waals surface area contributed by atoms with Gasteiger partial charge in [-0.05, 0) is 30.3 Å². The lowest BCUT2D eigenvalue weighted by Gasteiger charge is -2.37. The topological polar surface area (TPSA) is 159 Å². The number of phenols is 2. The molecule has 2 atom stereocenters.